The minimum atomic E-state index is -2.89. The summed E-state index contributed by atoms with van der Waals surface area (Å²) in [5.41, 5.74) is 7.81. The smallest absolute Gasteiger partial charge is 0.387 e. The highest BCUT2D eigenvalue weighted by Crippen LogP contribution is 2.35. The zero-order valence-corrected chi connectivity index (χ0v) is 12.5. The number of pyridine rings is 1. The van der Waals surface area contributed by atoms with E-state index in [1.54, 1.807) is 30.6 Å². The Hall–Kier alpha value is -2.21. The number of halogens is 2. The summed E-state index contributed by atoms with van der Waals surface area (Å²) in [5, 5.41) is 0. The highest BCUT2D eigenvalue weighted by atomic mass is 19.3. The number of ether oxygens (including phenoxy) is 2. The molecule has 1 saturated carbocycles. The fourth-order valence-corrected chi connectivity index (χ4v) is 2.27. The molecule has 0 radical (unpaired) electrons. The molecule has 3 rings (SSSR count). The van der Waals surface area contributed by atoms with Crippen molar-refractivity contribution in [2.45, 2.75) is 25.5 Å². The largest absolute Gasteiger partial charge is 0.489 e. The third-order valence-electron chi connectivity index (χ3n) is 3.76. The monoisotopic (exact) mass is 320 g/mol. The van der Waals surface area contributed by atoms with E-state index in [1.807, 2.05) is 6.07 Å². The topological polar surface area (TPSA) is 57.4 Å². The van der Waals surface area contributed by atoms with Gasteiger partial charge < -0.3 is 15.2 Å². The predicted molar refractivity (Wildman–Crippen MR) is 81.6 cm³/mol. The van der Waals surface area contributed by atoms with Gasteiger partial charge in [-0.1, -0.05) is 12.1 Å². The lowest BCUT2D eigenvalue weighted by atomic mass is 10.0. The number of alkyl halides is 2. The molecule has 0 aliphatic heterocycles. The molecule has 2 aromatic rings. The summed E-state index contributed by atoms with van der Waals surface area (Å²) in [5.74, 6) is 0.835. The van der Waals surface area contributed by atoms with Crippen molar-refractivity contribution in [3.8, 4) is 11.5 Å². The van der Waals surface area contributed by atoms with E-state index in [0.29, 0.717) is 18.3 Å². The summed E-state index contributed by atoms with van der Waals surface area (Å²) in [6, 6.07) is 8.06. The molecule has 6 heteroatoms. The average molecular weight is 320 g/mol. The lowest BCUT2D eigenvalue weighted by Gasteiger charge is -2.17. The van der Waals surface area contributed by atoms with Crippen LogP contribution in [0.25, 0.3) is 0 Å². The van der Waals surface area contributed by atoms with E-state index in [0.717, 1.165) is 24.0 Å². The van der Waals surface area contributed by atoms with Gasteiger partial charge in [0.1, 0.15) is 0 Å². The molecule has 122 valence electrons. The Balaban J connectivity index is 1.83. The third-order valence-corrected chi connectivity index (χ3v) is 3.76. The van der Waals surface area contributed by atoms with Crippen molar-refractivity contribution >= 4 is 0 Å². The zero-order chi connectivity index (χ0) is 16.2. The molecule has 0 spiro atoms. The average Bonchev–Trinajstić information content (AvgIpc) is 3.38. The van der Waals surface area contributed by atoms with Crippen LogP contribution in [-0.4, -0.2) is 18.2 Å². The van der Waals surface area contributed by atoms with Gasteiger partial charge >= 0.3 is 6.61 Å². The van der Waals surface area contributed by atoms with Gasteiger partial charge in [0.05, 0.1) is 12.6 Å². The van der Waals surface area contributed by atoms with Crippen molar-refractivity contribution in [3.63, 3.8) is 0 Å². The fourth-order valence-electron chi connectivity index (χ4n) is 2.27. The molecule has 0 bridgehead atoms. The van der Waals surface area contributed by atoms with Gasteiger partial charge in [0, 0.05) is 12.4 Å². The van der Waals surface area contributed by atoms with Crippen molar-refractivity contribution in [2.24, 2.45) is 11.7 Å². The maximum absolute atomic E-state index is 12.5. The summed E-state index contributed by atoms with van der Waals surface area (Å²) in [6.45, 7) is -2.39. The summed E-state index contributed by atoms with van der Waals surface area (Å²) >= 11 is 0. The van der Waals surface area contributed by atoms with Crippen molar-refractivity contribution in [1.29, 1.82) is 0 Å². The van der Waals surface area contributed by atoms with Crippen LogP contribution in [0.4, 0.5) is 8.78 Å². The number of nitrogens with zero attached hydrogens (tertiary/aromatic N) is 1. The van der Waals surface area contributed by atoms with Gasteiger partial charge in [-0.3, -0.25) is 4.98 Å². The van der Waals surface area contributed by atoms with Gasteiger partial charge in [0.25, 0.3) is 0 Å². The van der Waals surface area contributed by atoms with Gasteiger partial charge in [-0.25, -0.2) is 0 Å². The second kappa shape index (κ2) is 6.91. The van der Waals surface area contributed by atoms with Crippen LogP contribution in [0, 0.1) is 5.92 Å². The van der Waals surface area contributed by atoms with Crippen molar-refractivity contribution in [2.75, 3.05) is 6.61 Å². The molecule has 1 aliphatic carbocycles. The molecular formula is C17H18F2N2O2. The minimum Gasteiger partial charge on any atom is -0.489 e. The first-order chi connectivity index (χ1) is 11.1. The molecule has 2 N–H and O–H groups in total. The van der Waals surface area contributed by atoms with E-state index in [1.165, 1.54) is 6.07 Å². The molecule has 1 unspecified atom stereocenters. The van der Waals surface area contributed by atoms with E-state index in [9.17, 15) is 8.78 Å². The molecule has 1 aliphatic rings. The normalized spacial score (nSPS) is 15.5. The number of hydrogen-bond acceptors (Lipinski definition) is 4. The van der Waals surface area contributed by atoms with Crippen LogP contribution < -0.4 is 15.2 Å². The number of hydrogen-bond donors (Lipinski definition) is 1. The molecule has 0 saturated heterocycles. The Kier molecular flexibility index (Phi) is 4.71. The van der Waals surface area contributed by atoms with Gasteiger partial charge in [0.2, 0.25) is 0 Å². The van der Waals surface area contributed by atoms with Crippen LogP contribution in [0.15, 0.2) is 42.7 Å². The summed E-state index contributed by atoms with van der Waals surface area (Å²) in [6.07, 6.45) is 5.57. The molecule has 1 heterocycles. The van der Waals surface area contributed by atoms with Gasteiger partial charge in [-0.2, -0.15) is 8.78 Å². The van der Waals surface area contributed by atoms with E-state index >= 15 is 0 Å². The van der Waals surface area contributed by atoms with Gasteiger partial charge in [0.15, 0.2) is 11.5 Å². The predicted octanol–water partition coefficient (Wildman–Crippen LogP) is 3.52. The maximum atomic E-state index is 12.5. The molecule has 1 aromatic heterocycles. The highest BCUT2D eigenvalue weighted by Gasteiger charge is 2.23. The molecule has 1 fully saturated rings. The SMILES string of the molecule is NC(c1cccnc1)c1ccc(OC(F)F)c(OCC2CC2)c1. The third kappa shape index (κ3) is 4.16. The van der Waals surface area contributed by atoms with Crippen molar-refractivity contribution in [1.82, 2.24) is 4.98 Å². The summed E-state index contributed by atoms with van der Waals surface area (Å²) in [4.78, 5) is 4.04. The molecule has 1 atom stereocenters. The number of benzene rings is 1. The van der Waals surface area contributed by atoms with Crippen LogP contribution in [0.5, 0.6) is 11.5 Å². The Morgan fingerprint density at radius 1 is 1.17 bits per heavy atom. The van der Waals surface area contributed by atoms with Crippen LogP contribution in [-0.2, 0) is 0 Å². The van der Waals surface area contributed by atoms with Crippen LogP contribution in [0.1, 0.15) is 30.0 Å². The van der Waals surface area contributed by atoms with E-state index < -0.39 is 12.7 Å². The molecule has 0 amide bonds. The van der Waals surface area contributed by atoms with Crippen molar-refractivity contribution in [3.05, 3.63) is 53.9 Å². The molecule has 23 heavy (non-hydrogen) atoms. The zero-order valence-electron chi connectivity index (χ0n) is 12.5. The van der Waals surface area contributed by atoms with E-state index in [4.69, 9.17) is 10.5 Å². The van der Waals surface area contributed by atoms with Gasteiger partial charge in [-0.05, 0) is 48.1 Å². The Morgan fingerprint density at radius 3 is 2.65 bits per heavy atom. The number of aromatic nitrogens is 1. The lowest BCUT2D eigenvalue weighted by Crippen LogP contribution is -2.13. The van der Waals surface area contributed by atoms with E-state index in [-0.39, 0.29) is 5.75 Å². The fraction of sp³-hybridized carbons (Fsp3) is 0.353. The quantitative estimate of drug-likeness (QED) is 0.848. The molecular weight excluding hydrogens is 302 g/mol. The van der Waals surface area contributed by atoms with Crippen LogP contribution in [0.3, 0.4) is 0 Å². The number of rotatable bonds is 7. The Labute approximate surface area is 133 Å². The Bertz CT molecular complexity index is 648. The maximum Gasteiger partial charge on any atom is 0.387 e. The highest BCUT2D eigenvalue weighted by molar-refractivity contribution is 5.45. The lowest BCUT2D eigenvalue weighted by molar-refractivity contribution is -0.0515. The number of nitrogens with two attached hydrogens (primary N) is 1. The summed E-state index contributed by atoms with van der Waals surface area (Å²) in [7, 11) is 0. The minimum absolute atomic E-state index is 0.0304. The second-order valence-corrected chi connectivity index (χ2v) is 5.60. The summed E-state index contributed by atoms with van der Waals surface area (Å²) < 4.78 is 35.2. The van der Waals surface area contributed by atoms with Gasteiger partial charge in [-0.15, -0.1) is 0 Å². The molecule has 4 nitrogen and oxygen atoms in total. The van der Waals surface area contributed by atoms with E-state index in [2.05, 4.69) is 9.72 Å². The second-order valence-electron chi connectivity index (χ2n) is 5.60. The van der Waals surface area contributed by atoms with Crippen LogP contribution >= 0.6 is 0 Å². The molecule has 1 aromatic carbocycles. The van der Waals surface area contributed by atoms with Crippen molar-refractivity contribution < 1.29 is 18.3 Å². The Morgan fingerprint density at radius 2 is 2.00 bits per heavy atom. The van der Waals surface area contributed by atoms with Crippen LogP contribution in [0.2, 0.25) is 0 Å². The standard InChI is InChI=1S/C17H18F2N2O2/c18-17(19)23-14-6-5-12(8-15(14)22-10-11-3-4-11)16(20)13-2-1-7-21-9-13/h1-2,5-9,11,16-17H,3-4,10,20H2. The first kappa shape index (κ1) is 15.7. The first-order valence-electron chi connectivity index (χ1n) is 7.50. The first-order valence-corrected chi connectivity index (χ1v) is 7.50.